The van der Waals surface area contributed by atoms with Gasteiger partial charge in [-0.05, 0) is 31.0 Å². The fourth-order valence-electron chi connectivity index (χ4n) is 3.21. The molecular weight excluding hydrogens is 388 g/mol. The van der Waals surface area contributed by atoms with Gasteiger partial charge in [0.15, 0.2) is 0 Å². The van der Waals surface area contributed by atoms with Crippen LogP contribution in [0.25, 0.3) is 10.9 Å². The third-order valence-corrected chi connectivity index (χ3v) is 4.64. The summed E-state index contributed by atoms with van der Waals surface area (Å²) in [4.78, 5) is 39.9. The quantitative estimate of drug-likeness (QED) is 0.162. The maximum absolute atomic E-state index is 12.9. The van der Waals surface area contributed by atoms with Gasteiger partial charge >= 0.3 is 5.97 Å². The molecule has 2 aromatic rings. The molecule has 0 spiro atoms. The van der Waals surface area contributed by atoms with Crippen molar-refractivity contribution >= 4 is 28.7 Å². The fraction of sp³-hybridized carbons (Fsp3) is 0.450. The van der Waals surface area contributed by atoms with Gasteiger partial charge in [-0.15, -0.1) is 0 Å². The SMILES string of the molecule is COC(=O)C(CCCNC(N)N)NC(=O)C(Cc1c[nH]c2ccccc12)NC(C)=O. The minimum Gasteiger partial charge on any atom is -0.467 e. The van der Waals surface area contributed by atoms with Crippen LogP contribution in [0.3, 0.4) is 0 Å². The highest BCUT2D eigenvalue weighted by Gasteiger charge is 2.27. The molecule has 1 heterocycles. The number of benzene rings is 1. The molecule has 0 radical (unpaired) electrons. The second-order valence-corrected chi connectivity index (χ2v) is 7.02. The summed E-state index contributed by atoms with van der Waals surface area (Å²) in [6, 6.07) is 5.99. The van der Waals surface area contributed by atoms with E-state index in [0.29, 0.717) is 19.4 Å². The lowest BCUT2D eigenvalue weighted by Gasteiger charge is -2.22. The summed E-state index contributed by atoms with van der Waals surface area (Å²) in [7, 11) is 1.26. The average molecular weight is 418 g/mol. The lowest BCUT2D eigenvalue weighted by atomic mass is 10.0. The Morgan fingerprint density at radius 2 is 1.87 bits per heavy atom. The van der Waals surface area contributed by atoms with E-state index in [2.05, 4.69) is 20.9 Å². The van der Waals surface area contributed by atoms with E-state index in [1.165, 1.54) is 14.0 Å². The summed E-state index contributed by atoms with van der Waals surface area (Å²) in [5, 5.41) is 9.16. The number of H-pyrrole nitrogens is 1. The van der Waals surface area contributed by atoms with Crippen LogP contribution in [0, 0.1) is 0 Å². The number of hydrogen-bond donors (Lipinski definition) is 6. The van der Waals surface area contributed by atoms with Crippen LogP contribution in [0.5, 0.6) is 0 Å². The zero-order valence-corrected chi connectivity index (χ0v) is 17.2. The predicted molar refractivity (Wildman–Crippen MR) is 113 cm³/mol. The van der Waals surface area contributed by atoms with Gasteiger partial charge in [0.05, 0.1) is 7.11 Å². The van der Waals surface area contributed by atoms with E-state index in [9.17, 15) is 14.4 Å². The summed E-state index contributed by atoms with van der Waals surface area (Å²) in [6.45, 7) is 1.82. The molecule has 0 saturated carbocycles. The summed E-state index contributed by atoms with van der Waals surface area (Å²) in [6.07, 6.45) is 2.30. The maximum atomic E-state index is 12.9. The van der Waals surface area contributed by atoms with Crippen molar-refractivity contribution < 1.29 is 19.1 Å². The predicted octanol–water partition coefficient (Wildman–Crippen LogP) is -0.556. The highest BCUT2D eigenvalue weighted by Crippen LogP contribution is 2.19. The van der Waals surface area contributed by atoms with Crippen molar-refractivity contribution in [1.82, 2.24) is 20.9 Å². The van der Waals surface area contributed by atoms with E-state index in [-0.39, 0.29) is 12.3 Å². The van der Waals surface area contributed by atoms with Crippen LogP contribution in [0.1, 0.15) is 25.3 Å². The zero-order valence-electron chi connectivity index (χ0n) is 17.2. The third-order valence-electron chi connectivity index (χ3n) is 4.64. The Bertz CT molecular complexity index is 866. The molecule has 0 bridgehead atoms. The van der Waals surface area contributed by atoms with Gasteiger partial charge in [0.25, 0.3) is 0 Å². The molecular formula is C20H30N6O4. The van der Waals surface area contributed by atoms with E-state index < -0.39 is 30.2 Å². The monoisotopic (exact) mass is 418 g/mol. The maximum Gasteiger partial charge on any atom is 0.328 e. The highest BCUT2D eigenvalue weighted by molar-refractivity contribution is 5.91. The van der Waals surface area contributed by atoms with Crippen LogP contribution in [0.4, 0.5) is 0 Å². The first-order valence-corrected chi connectivity index (χ1v) is 9.76. The van der Waals surface area contributed by atoms with Crippen molar-refractivity contribution in [3.63, 3.8) is 0 Å². The number of aromatic nitrogens is 1. The molecule has 2 amide bonds. The number of ether oxygens (including phenoxy) is 1. The van der Waals surface area contributed by atoms with E-state index in [0.717, 1.165) is 16.5 Å². The normalized spacial score (nSPS) is 13.1. The number of nitrogens with two attached hydrogens (primary N) is 2. The molecule has 0 saturated heterocycles. The number of rotatable bonds is 11. The molecule has 0 fully saturated rings. The lowest BCUT2D eigenvalue weighted by molar-refractivity contribution is -0.145. The summed E-state index contributed by atoms with van der Waals surface area (Å²) in [5.74, 6) is -1.37. The van der Waals surface area contributed by atoms with Gasteiger partial charge < -0.3 is 31.8 Å². The number of fused-ring (bicyclic) bond motifs is 1. The van der Waals surface area contributed by atoms with Crippen LogP contribution in [-0.2, 0) is 25.5 Å². The number of amides is 2. The summed E-state index contributed by atoms with van der Waals surface area (Å²) >= 11 is 0. The van der Waals surface area contributed by atoms with Crippen molar-refractivity contribution in [2.24, 2.45) is 11.5 Å². The molecule has 10 heteroatoms. The third kappa shape index (κ3) is 6.83. The van der Waals surface area contributed by atoms with Crippen molar-refractivity contribution in [1.29, 1.82) is 0 Å². The average Bonchev–Trinajstić information content (AvgIpc) is 3.11. The minimum atomic E-state index is -0.850. The topological polar surface area (TPSA) is 164 Å². The number of aromatic amines is 1. The molecule has 1 aromatic carbocycles. The Morgan fingerprint density at radius 3 is 2.53 bits per heavy atom. The number of methoxy groups -OCH3 is 1. The second kappa shape index (κ2) is 11.3. The molecule has 2 atom stereocenters. The number of carbonyl (C=O) groups excluding carboxylic acids is 3. The smallest absolute Gasteiger partial charge is 0.328 e. The van der Waals surface area contributed by atoms with Crippen molar-refractivity contribution in [3.05, 3.63) is 36.0 Å². The fourth-order valence-corrected chi connectivity index (χ4v) is 3.21. The van der Waals surface area contributed by atoms with Crippen molar-refractivity contribution in [2.75, 3.05) is 13.7 Å². The van der Waals surface area contributed by atoms with Crippen LogP contribution < -0.4 is 27.4 Å². The van der Waals surface area contributed by atoms with E-state index >= 15 is 0 Å². The zero-order chi connectivity index (χ0) is 22.1. The van der Waals surface area contributed by atoms with Gasteiger partial charge in [-0.3, -0.25) is 14.9 Å². The van der Waals surface area contributed by atoms with Gasteiger partial charge in [-0.2, -0.15) is 0 Å². The molecule has 0 aliphatic rings. The molecule has 10 nitrogen and oxygen atoms in total. The summed E-state index contributed by atoms with van der Waals surface area (Å²) < 4.78 is 4.80. The molecule has 8 N–H and O–H groups in total. The Balaban J connectivity index is 2.09. The first-order chi connectivity index (χ1) is 14.3. The first kappa shape index (κ1) is 23.3. The Hall–Kier alpha value is -2.95. The summed E-state index contributed by atoms with van der Waals surface area (Å²) in [5.41, 5.74) is 12.7. The molecule has 2 rings (SSSR count). The van der Waals surface area contributed by atoms with Gasteiger partial charge in [-0.1, -0.05) is 18.2 Å². The number of para-hydroxylation sites is 1. The van der Waals surface area contributed by atoms with E-state index in [4.69, 9.17) is 16.2 Å². The number of hydrogen-bond acceptors (Lipinski definition) is 7. The van der Waals surface area contributed by atoms with Gasteiger partial charge in [0.1, 0.15) is 18.4 Å². The van der Waals surface area contributed by atoms with Crippen LogP contribution in [0.15, 0.2) is 30.5 Å². The molecule has 30 heavy (non-hydrogen) atoms. The Labute approximate surface area is 175 Å². The largest absolute Gasteiger partial charge is 0.467 e. The Kier molecular flexibility index (Phi) is 8.78. The number of esters is 1. The Morgan fingerprint density at radius 1 is 1.13 bits per heavy atom. The number of carbonyl (C=O) groups is 3. The van der Waals surface area contributed by atoms with Crippen LogP contribution in [0.2, 0.25) is 0 Å². The molecule has 1 aromatic heterocycles. The van der Waals surface area contributed by atoms with E-state index in [1.807, 2.05) is 30.5 Å². The van der Waals surface area contributed by atoms with Crippen molar-refractivity contribution in [2.45, 2.75) is 44.6 Å². The lowest BCUT2D eigenvalue weighted by Crippen LogP contribution is -2.52. The van der Waals surface area contributed by atoms with Crippen LogP contribution in [-0.4, -0.2) is 54.8 Å². The van der Waals surface area contributed by atoms with E-state index in [1.54, 1.807) is 0 Å². The number of nitrogens with one attached hydrogen (secondary N) is 4. The van der Waals surface area contributed by atoms with Gasteiger partial charge in [0.2, 0.25) is 11.8 Å². The standard InChI is InChI=1S/C20H30N6O4/c1-12(27)25-17(10-13-11-24-15-7-4-3-6-14(13)15)18(28)26-16(19(29)30-2)8-5-9-23-20(21)22/h3-4,6-7,11,16-17,20,23-24H,5,8-10,21-22H2,1-2H3,(H,25,27)(H,26,28). The second-order valence-electron chi connectivity index (χ2n) is 7.02. The highest BCUT2D eigenvalue weighted by atomic mass is 16.5. The van der Waals surface area contributed by atoms with Crippen molar-refractivity contribution in [3.8, 4) is 0 Å². The molecule has 0 aliphatic carbocycles. The van der Waals surface area contributed by atoms with Gasteiger partial charge in [0, 0.05) is 30.4 Å². The molecule has 2 unspecified atom stereocenters. The first-order valence-electron chi connectivity index (χ1n) is 9.76. The minimum absolute atomic E-state index is 0.271. The molecule has 164 valence electrons. The van der Waals surface area contributed by atoms with Gasteiger partial charge in [-0.25, -0.2) is 4.79 Å². The van der Waals surface area contributed by atoms with Crippen LogP contribution >= 0.6 is 0 Å². The molecule has 0 aliphatic heterocycles.